The van der Waals surface area contributed by atoms with Gasteiger partial charge in [0.05, 0.1) is 19.3 Å². The molecule has 1 aromatic carbocycles. The summed E-state index contributed by atoms with van der Waals surface area (Å²) in [7, 11) is 1.50. The standard InChI is InChI=1S/C17H15F3N4O2/c1-26-12-7-5-11(6-8-12)10-24-16(17(18,19)20)14(22-23-24)15(25)13-4-2-3-9-21-13/h2-9,15,25H,10H2,1H3. The van der Waals surface area contributed by atoms with Crippen molar-refractivity contribution in [3.63, 3.8) is 0 Å². The lowest BCUT2D eigenvalue weighted by atomic mass is 10.1. The molecular formula is C17H15F3N4O2. The first-order valence-corrected chi connectivity index (χ1v) is 7.62. The Kier molecular flexibility index (Phi) is 4.90. The van der Waals surface area contributed by atoms with Crippen LogP contribution in [0.1, 0.15) is 28.7 Å². The van der Waals surface area contributed by atoms with Crippen molar-refractivity contribution in [2.24, 2.45) is 0 Å². The van der Waals surface area contributed by atoms with E-state index in [4.69, 9.17) is 4.74 Å². The van der Waals surface area contributed by atoms with Gasteiger partial charge in [0, 0.05) is 6.20 Å². The van der Waals surface area contributed by atoms with Crippen molar-refractivity contribution in [3.8, 4) is 5.75 Å². The maximum absolute atomic E-state index is 13.6. The van der Waals surface area contributed by atoms with Crippen molar-refractivity contribution < 1.29 is 23.0 Å². The third kappa shape index (κ3) is 3.67. The molecule has 3 rings (SSSR count). The zero-order valence-corrected chi connectivity index (χ0v) is 13.7. The first-order valence-electron chi connectivity index (χ1n) is 7.62. The number of nitrogens with zero attached hydrogens (tertiary/aromatic N) is 4. The summed E-state index contributed by atoms with van der Waals surface area (Å²) in [5.74, 6) is 0.592. The van der Waals surface area contributed by atoms with Crippen LogP contribution >= 0.6 is 0 Å². The lowest BCUT2D eigenvalue weighted by Gasteiger charge is -2.14. The van der Waals surface area contributed by atoms with Gasteiger partial charge in [0.1, 0.15) is 17.5 Å². The third-order valence-corrected chi connectivity index (χ3v) is 3.75. The number of ether oxygens (including phenoxy) is 1. The summed E-state index contributed by atoms with van der Waals surface area (Å²) in [6, 6.07) is 11.1. The molecule has 136 valence electrons. The second-order valence-corrected chi connectivity index (χ2v) is 5.48. The molecule has 26 heavy (non-hydrogen) atoms. The van der Waals surface area contributed by atoms with Crippen molar-refractivity contribution >= 4 is 0 Å². The summed E-state index contributed by atoms with van der Waals surface area (Å²) in [6.45, 7) is -0.152. The molecule has 0 amide bonds. The van der Waals surface area contributed by atoms with Crippen molar-refractivity contribution in [1.82, 2.24) is 20.0 Å². The average Bonchev–Trinajstić information content (AvgIpc) is 3.06. The Morgan fingerprint density at radius 3 is 2.46 bits per heavy atom. The molecule has 1 unspecified atom stereocenters. The van der Waals surface area contributed by atoms with Crippen LogP contribution < -0.4 is 4.74 Å². The second kappa shape index (κ2) is 7.12. The highest BCUT2D eigenvalue weighted by Gasteiger charge is 2.41. The van der Waals surface area contributed by atoms with Crippen molar-refractivity contribution in [2.45, 2.75) is 18.8 Å². The molecule has 0 spiro atoms. The molecule has 2 aromatic heterocycles. The number of benzene rings is 1. The average molecular weight is 364 g/mol. The van der Waals surface area contributed by atoms with E-state index in [-0.39, 0.29) is 12.2 Å². The molecule has 1 atom stereocenters. The number of aliphatic hydroxyl groups excluding tert-OH is 1. The number of methoxy groups -OCH3 is 1. The Bertz CT molecular complexity index is 864. The van der Waals surface area contributed by atoms with Crippen LogP contribution in [0.4, 0.5) is 13.2 Å². The highest BCUT2D eigenvalue weighted by atomic mass is 19.4. The lowest BCUT2D eigenvalue weighted by molar-refractivity contribution is -0.145. The molecule has 2 heterocycles. The molecule has 3 aromatic rings. The van der Waals surface area contributed by atoms with Gasteiger partial charge >= 0.3 is 6.18 Å². The summed E-state index contributed by atoms with van der Waals surface area (Å²) in [6.07, 6.45) is -4.98. The predicted molar refractivity (Wildman–Crippen MR) is 85.4 cm³/mol. The fraction of sp³-hybridized carbons (Fsp3) is 0.235. The van der Waals surface area contributed by atoms with E-state index in [1.165, 1.54) is 19.4 Å². The SMILES string of the molecule is COc1ccc(Cn2nnc(C(O)c3ccccn3)c2C(F)(F)F)cc1. The van der Waals surface area contributed by atoms with E-state index in [1.54, 1.807) is 36.4 Å². The number of alkyl halides is 3. The summed E-state index contributed by atoms with van der Waals surface area (Å²) in [4.78, 5) is 3.88. The zero-order valence-electron chi connectivity index (χ0n) is 13.7. The summed E-state index contributed by atoms with van der Waals surface area (Å²) in [5, 5.41) is 17.5. The van der Waals surface area contributed by atoms with Crippen molar-refractivity contribution in [1.29, 1.82) is 0 Å². The fourth-order valence-electron chi connectivity index (χ4n) is 2.49. The van der Waals surface area contributed by atoms with Gasteiger partial charge in [-0.1, -0.05) is 23.4 Å². The van der Waals surface area contributed by atoms with Gasteiger partial charge in [-0.15, -0.1) is 5.10 Å². The van der Waals surface area contributed by atoms with Gasteiger partial charge in [-0.3, -0.25) is 4.98 Å². The molecule has 0 aliphatic carbocycles. The smallest absolute Gasteiger partial charge is 0.435 e. The van der Waals surface area contributed by atoms with Gasteiger partial charge in [0.25, 0.3) is 0 Å². The van der Waals surface area contributed by atoms with Gasteiger partial charge in [0.15, 0.2) is 5.69 Å². The molecule has 1 N–H and O–H groups in total. The number of aromatic nitrogens is 4. The molecule has 0 radical (unpaired) electrons. The molecule has 0 saturated heterocycles. The lowest BCUT2D eigenvalue weighted by Crippen LogP contribution is -2.19. The van der Waals surface area contributed by atoms with E-state index >= 15 is 0 Å². The van der Waals surface area contributed by atoms with Crippen LogP contribution in [-0.4, -0.2) is 32.2 Å². The molecule has 0 saturated carbocycles. The van der Waals surface area contributed by atoms with Crippen LogP contribution in [0.15, 0.2) is 48.7 Å². The highest BCUT2D eigenvalue weighted by molar-refractivity contribution is 5.29. The largest absolute Gasteiger partial charge is 0.497 e. The fourth-order valence-corrected chi connectivity index (χ4v) is 2.49. The number of aliphatic hydroxyl groups is 1. The number of pyridine rings is 1. The maximum Gasteiger partial charge on any atom is 0.435 e. The normalized spacial score (nSPS) is 12.8. The number of halogens is 3. The second-order valence-electron chi connectivity index (χ2n) is 5.48. The zero-order chi connectivity index (χ0) is 18.7. The Morgan fingerprint density at radius 2 is 1.88 bits per heavy atom. The molecule has 6 nitrogen and oxygen atoms in total. The van der Waals surface area contributed by atoms with Crippen LogP contribution in [-0.2, 0) is 12.7 Å². The van der Waals surface area contributed by atoms with Gasteiger partial charge in [-0.25, -0.2) is 4.68 Å². The minimum atomic E-state index is -4.74. The minimum Gasteiger partial charge on any atom is -0.497 e. The Hall–Kier alpha value is -2.94. The molecule has 0 aliphatic heterocycles. The van der Waals surface area contributed by atoms with Crippen LogP contribution in [0.25, 0.3) is 0 Å². The summed E-state index contributed by atoms with van der Waals surface area (Å²) >= 11 is 0. The van der Waals surface area contributed by atoms with Crippen LogP contribution in [0.3, 0.4) is 0 Å². The maximum atomic E-state index is 13.6. The van der Waals surface area contributed by atoms with Crippen LogP contribution in [0.5, 0.6) is 5.75 Å². The minimum absolute atomic E-state index is 0.0643. The summed E-state index contributed by atoms with van der Waals surface area (Å²) in [5.41, 5.74) is -1.04. The highest BCUT2D eigenvalue weighted by Crippen LogP contribution is 2.35. The van der Waals surface area contributed by atoms with E-state index in [1.807, 2.05) is 0 Å². The number of hydrogen-bond acceptors (Lipinski definition) is 5. The van der Waals surface area contributed by atoms with Crippen LogP contribution in [0, 0.1) is 0 Å². The Morgan fingerprint density at radius 1 is 1.15 bits per heavy atom. The number of rotatable bonds is 5. The third-order valence-electron chi connectivity index (χ3n) is 3.75. The van der Waals surface area contributed by atoms with Crippen molar-refractivity contribution in [3.05, 3.63) is 71.3 Å². The van der Waals surface area contributed by atoms with E-state index in [9.17, 15) is 18.3 Å². The van der Waals surface area contributed by atoms with Gasteiger partial charge in [-0.2, -0.15) is 13.2 Å². The van der Waals surface area contributed by atoms with E-state index in [0.29, 0.717) is 11.3 Å². The molecule has 0 fully saturated rings. The first-order chi connectivity index (χ1) is 12.4. The van der Waals surface area contributed by atoms with Gasteiger partial charge < -0.3 is 9.84 Å². The molecular weight excluding hydrogens is 349 g/mol. The monoisotopic (exact) mass is 364 g/mol. The van der Waals surface area contributed by atoms with Gasteiger partial charge in [-0.05, 0) is 29.8 Å². The number of hydrogen-bond donors (Lipinski definition) is 1. The van der Waals surface area contributed by atoms with Crippen LogP contribution in [0.2, 0.25) is 0 Å². The van der Waals surface area contributed by atoms with Gasteiger partial charge in [0.2, 0.25) is 0 Å². The topological polar surface area (TPSA) is 73.1 Å². The molecule has 9 heteroatoms. The Labute approximate surface area is 146 Å². The van der Waals surface area contributed by atoms with E-state index in [2.05, 4.69) is 15.3 Å². The first kappa shape index (κ1) is 17.9. The molecule has 0 bridgehead atoms. The van der Waals surface area contributed by atoms with E-state index in [0.717, 1.165) is 4.68 Å². The van der Waals surface area contributed by atoms with Crippen molar-refractivity contribution in [2.75, 3.05) is 7.11 Å². The molecule has 0 aliphatic rings. The Balaban J connectivity index is 1.97. The quantitative estimate of drug-likeness (QED) is 0.754. The summed E-state index contributed by atoms with van der Waals surface area (Å²) < 4.78 is 46.5. The predicted octanol–water partition coefficient (Wildman–Crippen LogP) is 2.83. The van der Waals surface area contributed by atoms with E-state index < -0.39 is 23.7 Å².